The Bertz CT molecular complexity index is 517. The summed E-state index contributed by atoms with van der Waals surface area (Å²) in [5, 5.41) is 5.67. The minimum absolute atomic E-state index is 0.652. The summed E-state index contributed by atoms with van der Waals surface area (Å²) in [7, 11) is 1.81. The Morgan fingerprint density at radius 2 is 2.36 bits per heavy atom. The van der Waals surface area contributed by atoms with Crippen LogP contribution in [0.25, 0.3) is 10.7 Å². The lowest BCUT2D eigenvalue weighted by atomic mass is 10.4. The first kappa shape index (κ1) is 9.76. The molecule has 3 nitrogen and oxygen atoms in total. The highest BCUT2D eigenvalue weighted by Gasteiger charge is 2.05. The first-order valence-electron chi connectivity index (χ1n) is 3.83. The predicted octanol–water partition coefficient (Wildman–Crippen LogP) is 2.93. The van der Waals surface area contributed by atoms with E-state index in [-0.39, 0.29) is 0 Å². The molecule has 0 bridgehead atoms. The van der Waals surface area contributed by atoms with Crippen molar-refractivity contribution in [1.82, 2.24) is 14.8 Å². The Morgan fingerprint density at radius 1 is 1.57 bits per heavy atom. The van der Waals surface area contributed by atoms with Gasteiger partial charge in [-0.05, 0) is 24.4 Å². The molecule has 72 valence electrons. The van der Waals surface area contributed by atoms with E-state index in [0.29, 0.717) is 5.02 Å². The number of nitrogens with zero attached hydrogens (tertiary/aromatic N) is 3. The van der Waals surface area contributed by atoms with E-state index in [9.17, 15) is 0 Å². The summed E-state index contributed by atoms with van der Waals surface area (Å²) in [4.78, 5) is 4.17. The van der Waals surface area contributed by atoms with E-state index >= 15 is 0 Å². The Hall–Kier alpha value is -0.780. The number of pyridine rings is 1. The van der Waals surface area contributed by atoms with Crippen LogP contribution in [0.4, 0.5) is 0 Å². The first-order chi connectivity index (χ1) is 6.66. The summed E-state index contributed by atoms with van der Waals surface area (Å²) in [6, 6.07) is 3.50. The number of hydrogen-bond donors (Lipinski definition) is 0. The van der Waals surface area contributed by atoms with Gasteiger partial charge in [0.2, 0.25) is 0 Å². The van der Waals surface area contributed by atoms with Crippen molar-refractivity contribution in [1.29, 1.82) is 0 Å². The minimum Gasteiger partial charge on any atom is -0.254 e. The molecule has 0 spiro atoms. The predicted molar refractivity (Wildman–Crippen MR) is 60.2 cm³/mol. The van der Waals surface area contributed by atoms with Gasteiger partial charge < -0.3 is 0 Å². The molecular formula is C8H6ClN3S2. The molecule has 0 saturated carbocycles. The monoisotopic (exact) mass is 243 g/mol. The van der Waals surface area contributed by atoms with Gasteiger partial charge in [0.15, 0.2) is 8.96 Å². The van der Waals surface area contributed by atoms with Crippen molar-refractivity contribution < 1.29 is 0 Å². The van der Waals surface area contributed by atoms with Gasteiger partial charge in [-0.25, -0.2) is 4.68 Å². The molecule has 0 N–H and O–H groups in total. The molecule has 0 unspecified atom stereocenters. The summed E-state index contributed by atoms with van der Waals surface area (Å²) in [5.74, 6) is 0. The molecule has 2 rings (SSSR count). The van der Waals surface area contributed by atoms with Crippen LogP contribution in [-0.2, 0) is 7.05 Å². The second-order valence-electron chi connectivity index (χ2n) is 2.66. The smallest absolute Gasteiger partial charge is 0.179 e. The average molecular weight is 244 g/mol. The number of aromatic nitrogens is 3. The van der Waals surface area contributed by atoms with Crippen LogP contribution >= 0.6 is 35.2 Å². The largest absolute Gasteiger partial charge is 0.254 e. The maximum atomic E-state index is 5.85. The Kier molecular flexibility index (Phi) is 2.62. The van der Waals surface area contributed by atoms with Gasteiger partial charge in [-0.15, -0.1) is 0 Å². The zero-order valence-corrected chi connectivity index (χ0v) is 9.66. The van der Waals surface area contributed by atoms with Gasteiger partial charge in [0.1, 0.15) is 5.69 Å². The molecule has 0 fully saturated rings. The van der Waals surface area contributed by atoms with Gasteiger partial charge in [-0.1, -0.05) is 22.9 Å². The van der Waals surface area contributed by atoms with Crippen molar-refractivity contribution in [3.8, 4) is 10.7 Å². The van der Waals surface area contributed by atoms with Crippen LogP contribution in [0.2, 0.25) is 5.02 Å². The fourth-order valence-corrected chi connectivity index (χ4v) is 2.13. The summed E-state index contributed by atoms with van der Waals surface area (Å²) < 4.78 is 2.37. The molecule has 0 atom stereocenters. The average Bonchev–Trinajstić information content (AvgIpc) is 2.47. The molecular weight excluding hydrogens is 238 g/mol. The molecule has 0 aliphatic heterocycles. The van der Waals surface area contributed by atoms with E-state index in [1.165, 1.54) is 11.3 Å². The van der Waals surface area contributed by atoms with Crippen molar-refractivity contribution in [2.45, 2.75) is 0 Å². The molecule has 0 aromatic carbocycles. The highest BCUT2D eigenvalue weighted by Crippen LogP contribution is 2.22. The van der Waals surface area contributed by atoms with Gasteiger partial charge >= 0.3 is 0 Å². The lowest BCUT2D eigenvalue weighted by molar-refractivity contribution is 0.761. The van der Waals surface area contributed by atoms with Crippen molar-refractivity contribution in [2.24, 2.45) is 7.05 Å². The van der Waals surface area contributed by atoms with Gasteiger partial charge in [0.05, 0.1) is 0 Å². The fraction of sp³-hybridized carbons (Fsp3) is 0.125. The Labute approximate surface area is 95.0 Å². The van der Waals surface area contributed by atoms with Crippen molar-refractivity contribution in [3.63, 3.8) is 0 Å². The molecule has 0 aliphatic rings. The quantitative estimate of drug-likeness (QED) is 0.722. The molecule has 2 aromatic heterocycles. The first-order valence-corrected chi connectivity index (χ1v) is 5.43. The van der Waals surface area contributed by atoms with E-state index < -0.39 is 0 Å². The molecule has 6 heteroatoms. The molecule has 2 aromatic rings. The molecule has 0 amide bonds. The van der Waals surface area contributed by atoms with Crippen LogP contribution in [0.15, 0.2) is 18.3 Å². The summed E-state index contributed by atoms with van der Waals surface area (Å²) in [6.45, 7) is 0. The maximum Gasteiger partial charge on any atom is 0.179 e. The highest BCUT2D eigenvalue weighted by atomic mass is 35.5. The van der Waals surface area contributed by atoms with E-state index in [1.54, 1.807) is 23.0 Å². The maximum absolute atomic E-state index is 5.85. The van der Waals surface area contributed by atoms with Crippen LogP contribution in [0, 0.1) is 3.95 Å². The number of hydrogen-bond acceptors (Lipinski definition) is 4. The Balaban J connectivity index is 2.54. The fourth-order valence-electron chi connectivity index (χ4n) is 0.971. The van der Waals surface area contributed by atoms with E-state index in [2.05, 4.69) is 10.1 Å². The number of aryl methyl sites for hydroxylation is 1. The third kappa shape index (κ3) is 1.84. The second-order valence-corrected chi connectivity index (χ2v) is 4.72. The molecule has 0 saturated heterocycles. The zero-order chi connectivity index (χ0) is 10.1. The van der Waals surface area contributed by atoms with Gasteiger partial charge in [-0.2, -0.15) is 5.10 Å². The van der Waals surface area contributed by atoms with Gasteiger partial charge in [0.25, 0.3) is 0 Å². The third-order valence-electron chi connectivity index (χ3n) is 1.63. The Morgan fingerprint density at radius 3 is 2.93 bits per heavy atom. The van der Waals surface area contributed by atoms with Crippen molar-refractivity contribution in [3.05, 3.63) is 27.3 Å². The summed E-state index contributed by atoms with van der Waals surface area (Å²) in [5.41, 5.74) is 0.759. The third-order valence-corrected chi connectivity index (χ3v) is 3.30. The van der Waals surface area contributed by atoms with E-state index in [0.717, 1.165) is 14.7 Å². The summed E-state index contributed by atoms with van der Waals surface area (Å²) in [6.07, 6.45) is 1.65. The minimum atomic E-state index is 0.652. The molecule has 0 aliphatic carbocycles. The topological polar surface area (TPSA) is 30.7 Å². The van der Waals surface area contributed by atoms with Crippen molar-refractivity contribution in [2.75, 3.05) is 0 Å². The van der Waals surface area contributed by atoms with Gasteiger partial charge in [0, 0.05) is 18.3 Å². The van der Waals surface area contributed by atoms with Crippen LogP contribution in [-0.4, -0.2) is 14.8 Å². The summed E-state index contributed by atoms with van der Waals surface area (Å²) >= 11 is 12.3. The van der Waals surface area contributed by atoms with E-state index in [4.69, 9.17) is 23.8 Å². The van der Waals surface area contributed by atoms with Crippen LogP contribution in [0.3, 0.4) is 0 Å². The normalized spacial score (nSPS) is 10.4. The number of rotatable bonds is 1. The van der Waals surface area contributed by atoms with Crippen LogP contribution in [0.1, 0.15) is 0 Å². The van der Waals surface area contributed by atoms with E-state index in [1.807, 2.05) is 7.05 Å². The van der Waals surface area contributed by atoms with Gasteiger partial charge in [-0.3, -0.25) is 4.98 Å². The number of halogens is 1. The van der Waals surface area contributed by atoms with Crippen LogP contribution in [0.5, 0.6) is 0 Å². The SMILES string of the molecule is Cn1nc(-c2cc(Cl)ccn2)sc1=S. The molecule has 14 heavy (non-hydrogen) atoms. The second kappa shape index (κ2) is 3.76. The lowest BCUT2D eigenvalue weighted by Gasteiger charge is -1.94. The zero-order valence-electron chi connectivity index (χ0n) is 7.27. The standard InChI is InChI=1S/C8H6ClN3S2/c1-12-8(13)14-7(11-12)6-4-5(9)2-3-10-6/h2-4H,1H3. The molecule has 2 heterocycles. The highest BCUT2D eigenvalue weighted by molar-refractivity contribution is 7.73. The lowest BCUT2D eigenvalue weighted by Crippen LogP contribution is -1.90. The van der Waals surface area contributed by atoms with Crippen LogP contribution < -0.4 is 0 Å². The molecule has 0 radical (unpaired) electrons. The van der Waals surface area contributed by atoms with Crippen molar-refractivity contribution >= 4 is 35.2 Å².